The van der Waals surface area contributed by atoms with Crippen molar-refractivity contribution in [2.24, 2.45) is 5.92 Å². The molecular formula is C20H24N2O3S. The Labute approximate surface area is 155 Å². The first kappa shape index (κ1) is 18.5. The van der Waals surface area contributed by atoms with Crippen LogP contribution in [0, 0.1) is 12.8 Å². The van der Waals surface area contributed by atoms with E-state index in [-0.39, 0.29) is 10.8 Å². The molecule has 1 saturated heterocycles. The van der Waals surface area contributed by atoms with E-state index >= 15 is 0 Å². The SMILES string of the molecule is Cc1ccc(S(=O)(=O)Nc2cccc(C(=O)N3CCC(C)CC3)c2)cc1. The largest absolute Gasteiger partial charge is 0.339 e. The van der Waals surface area contributed by atoms with Crippen molar-refractivity contribution in [3.63, 3.8) is 0 Å². The van der Waals surface area contributed by atoms with Gasteiger partial charge in [0.1, 0.15) is 0 Å². The lowest BCUT2D eigenvalue weighted by molar-refractivity contribution is 0.0697. The van der Waals surface area contributed by atoms with Crippen molar-refractivity contribution in [2.75, 3.05) is 17.8 Å². The van der Waals surface area contributed by atoms with E-state index in [4.69, 9.17) is 0 Å². The molecule has 0 saturated carbocycles. The monoisotopic (exact) mass is 372 g/mol. The number of anilines is 1. The molecule has 1 amide bonds. The van der Waals surface area contributed by atoms with Crippen molar-refractivity contribution in [3.8, 4) is 0 Å². The van der Waals surface area contributed by atoms with Crippen molar-refractivity contribution < 1.29 is 13.2 Å². The number of nitrogens with zero attached hydrogens (tertiary/aromatic N) is 1. The van der Waals surface area contributed by atoms with E-state index in [1.807, 2.05) is 11.8 Å². The number of benzene rings is 2. The van der Waals surface area contributed by atoms with Crippen molar-refractivity contribution in [3.05, 3.63) is 59.7 Å². The van der Waals surface area contributed by atoms with Gasteiger partial charge in [-0.15, -0.1) is 0 Å². The molecule has 26 heavy (non-hydrogen) atoms. The maximum Gasteiger partial charge on any atom is 0.261 e. The van der Waals surface area contributed by atoms with Gasteiger partial charge in [0.2, 0.25) is 0 Å². The lowest BCUT2D eigenvalue weighted by Gasteiger charge is -2.30. The predicted octanol–water partition coefficient (Wildman–Crippen LogP) is 3.67. The minimum absolute atomic E-state index is 0.0479. The minimum atomic E-state index is -3.68. The number of hydrogen-bond acceptors (Lipinski definition) is 3. The molecular weight excluding hydrogens is 348 g/mol. The Morgan fingerprint density at radius 1 is 1.08 bits per heavy atom. The molecule has 0 aromatic heterocycles. The molecule has 5 nitrogen and oxygen atoms in total. The van der Waals surface area contributed by atoms with Gasteiger partial charge in [-0.2, -0.15) is 0 Å². The summed E-state index contributed by atoms with van der Waals surface area (Å²) in [7, 11) is -3.68. The summed E-state index contributed by atoms with van der Waals surface area (Å²) in [6.07, 6.45) is 2.01. The maximum absolute atomic E-state index is 12.7. The van der Waals surface area contributed by atoms with Gasteiger partial charge < -0.3 is 4.90 Å². The van der Waals surface area contributed by atoms with E-state index in [1.165, 1.54) is 0 Å². The first-order chi connectivity index (χ1) is 12.3. The Morgan fingerprint density at radius 3 is 2.38 bits per heavy atom. The molecule has 0 aliphatic carbocycles. The molecule has 2 aromatic carbocycles. The first-order valence-corrected chi connectivity index (χ1v) is 10.3. The highest BCUT2D eigenvalue weighted by atomic mass is 32.2. The number of sulfonamides is 1. The molecule has 1 aliphatic rings. The molecule has 3 rings (SSSR count). The zero-order valence-corrected chi connectivity index (χ0v) is 15.9. The zero-order valence-electron chi connectivity index (χ0n) is 15.1. The average Bonchev–Trinajstić information content (AvgIpc) is 2.62. The number of likely N-dealkylation sites (tertiary alicyclic amines) is 1. The van der Waals surface area contributed by atoms with E-state index in [9.17, 15) is 13.2 Å². The molecule has 0 atom stereocenters. The molecule has 0 unspecified atom stereocenters. The summed E-state index contributed by atoms with van der Waals surface area (Å²) in [5.41, 5.74) is 1.89. The lowest BCUT2D eigenvalue weighted by Crippen LogP contribution is -2.37. The summed E-state index contributed by atoms with van der Waals surface area (Å²) in [6, 6.07) is 13.3. The maximum atomic E-state index is 12.7. The van der Waals surface area contributed by atoms with Crippen LogP contribution in [0.3, 0.4) is 0 Å². The summed E-state index contributed by atoms with van der Waals surface area (Å²) < 4.78 is 27.6. The van der Waals surface area contributed by atoms with E-state index in [1.54, 1.807) is 48.5 Å². The van der Waals surface area contributed by atoms with Crippen LogP contribution in [0.5, 0.6) is 0 Å². The molecule has 1 N–H and O–H groups in total. The van der Waals surface area contributed by atoms with E-state index in [2.05, 4.69) is 11.6 Å². The number of hydrogen-bond donors (Lipinski definition) is 1. The number of nitrogens with one attached hydrogen (secondary N) is 1. The number of carbonyl (C=O) groups excluding carboxylic acids is 1. The van der Waals surface area contributed by atoms with Gasteiger partial charge in [0, 0.05) is 24.3 Å². The van der Waals surface area contributed by atoms with Gasteiger partial charge in [-0.1, -0.05) is 30.7 Å². The molecule has 6 heteroatoms. The molecule has 0 bridgehead atoms. The van der Waals surface area contributed by atoms with E-state index in [0.29, 0.717) is 17.2 Å². The van der Waals surface area contributed by atoms with Gasteiger partial charge >= 0.3 is 0 Å². The van der Waals surface area contributed by atoms with Crippen LogP contribution in [0.1, 0.15) is 35.7 Å². The highest BCUT2D eigenvalue weighted by Gasteiger charge is 2.22. The predicted molar refractivity (Wildman–Crippen MR) is 103 cm³/mol. The van der Waals surface area contributed by atoms with Gasteiger partial charge in [-0.3, -0.25) is 9.52 Å². The zero-order chi connectivity index (χ0) is 18.7. The summed E-state index contributed by atoms with van der Waals surface area (Å²) in [5, 5.41) is 0. The minimum Gasteiger partial charge on any atom is -0.339 e. The van der Waals surface area contributed by atoms with Crippen LogP contribution in [0.2, 0.25) is 0 Å². The van der Waals surface area contributed by atoms with Crippen LogP contribution >= 0.6 is 0 Å². The summed E-state index contributed by atoms with van der Waals surface area (Å²) in [4.78, 5) is 14.7. The second-order valence-corrected chi connectivity index (χ2v) is 8.66. The van der Waals surface area contributed by atoms with Crippen LogP contribution < -0.4 is 4.72 Å². The van der Waals surface area contributed by atoms with Crippen molar-refractivity contribution in [2.45, 2.75) is 31.6 Å². The van der Waals surface area contributed by atoms with Crippen LogP contribution in [-0.2, 0) is 10.0 Å². The fourth-order valence-corrected chi connectivity index (χ4v) is 4.09. The highest BCUT2D eigenvalue weighted by molar-refractivity contribution is 7.92. The van der Waals surface area contributed by atoms with E-state index in [0.717, 1.165) is 31.5 Å². The van der Waals surface area contributed by atoms with E-state index < -0.39 is 10.0 Å². The molecule has 1 fully saturated rings. The fraction of sp³-hybridized carbons (Fsp3) is 0.350. The highest BCUT2D eigenvalue weighted by Crippen LogP contribution is 2.21. The quantitative estimate of drug-likeness (QED) is 0.890. The number of carbonyl (C=O) groups is 1. The van der Waals surface area contributed by atoms with Crippen molar-refractivity contribution in [1.82, 2.24) is 4.90 Å². The molecule has 0 spiro atoms. The number of aryl methyl sites for hydroxylation is 1. The van der Waals surface area contributed by atoms with Crippen LogP contribution in [0.25, 0.3) is 0 Å². The normalized spacial score (nSPS) is 15.7. The third-order valence-corrected chi connectivity index (χ3v) is 6.16. The molecule has 138 valence electrons. The fourth-order valence-electron chi connectivity index (χ4n) is 3.04. The van der Waals surface area contributed by atoms with Gasteiger partial charge in [0.05, 0.1) is 4.90 Å². The van der Waals surface area contributed by atoms with Crippen molar-refractivity contribution >= 4 is 21.6 Å². The third-order valence-electron chi connectivity index (χ3n) is 4.76. The Balaban J connectivity index is 1.77. The topological polar surface area (TPSA) is 66.5 Å². The Hall–Kier alpha value is -2.34. The molecule has 1 aliphatic heterocycles. The Morgan fingerprint density at radius 2 is 1.73 bits per heavy atom. The smallest absolute Gasteiger partial charge is 0.261 e. The Bertz CT molecular complexity index is 884. The average molecular weight is 372 g/mol. The van der Waals surface area contributed by atoms with Crippen LogP contribution in [0.4, 0.5) is 5.69 Å². The number of piperidine rings is 1. The molecule has 0 radical (unpaired) electrons. The summed E-state index contributed by atoms with van der Waals surface area (Å²) in [6.45, 7) is 5.60. The van der Waals surface area contributed by atoms with Crippen molar-refractivity contribution in [1.29, 1.82) is 0 Å². The molecule has 1 heterocycles. The van der Waals surface area contributed by atoms with Crippen LogP contribution in [0.15, 0.2) is 53.4 Å². The lowest BCUT2D eigenvalue weighted by atomic mass is 9.98. The first-order valence-electron chi connectivity index (χ1n) is 8.84. The second kappa shape index (κ2) is 7.50. The number of rotatable bonds is 4. The van der Waals surface area contributed by atoms with Gasteiger partial charge in [0.25, 0.3) is 15.9 Å². The van der Waals surface area contributed by atoms with Gasteiger partial charge in [-0.05, 0) is 56.0 Å². The Kier molecular flexibility index (Phi) is 5.32. The second-order valence-electron chi connectivity index (χ2n) is 6.97. The standard InChI is InChI=1S/C20H24N2O3S/c1-15-6-8-19(9-7-15)26(24,25)21-18-5-3-4-17(14-18)20(23)22-12-10-16(2)11-13-22/h3-9,14,16,21H,10-13H2,1-2H3. The van der Waals surface area contributed by atoms with Gasteiger partial charge in [-0.25, -0.2) is 8.42 Å². The van der Waals surface area contributed by atoms with Crippen LogP contribution in [-0.4, -0.2) is 32.3 Å². The molecule has 2 aromatic rings. The summed E-state index contributed by atoms with van der Waals surface area (Å²) >= 11 is 0. The van der Waals surface area contributed by atoms with Gasteiger partial charge in [0.15, 0.2) is 0 Å². The summed E-state index contributed by atoms with van der Waals surface area (Å²) in [5.74, 6) is 0.597. The number of amides is 1. The third kappa shape index (κ3) is 4.25.